The number of anilines is 2. The van der Waals surface area contributed by atoms with Gasteiger partial charge in [0.05, 0.1) is 11.1 Å². The number of fused-ring (bicyclic) bond motifs is 1. The topological polar surface area (TPSA) is 88.2 Å². The molecule has 1 fully saturated rings. The molecule has 1 aliphatic carbocycles. The molecule has 0 radical (unpaired) electrons. The third kappa shape index (κ3) is 4.60. The number of rotatable bonds is 6. The van der Waals surface area contributed by atoms with Crippen LogP contribution in [0.5, 0.6) is 0 Å². The molecule has 0 saturated heterocycles. The van der Waals surface area contributed by atoms with Crippen LogP contribution in [-0.2, 0) is 14.8 Å². The molecule has 9 heteroatoms. The van der Waals surface area contributed by atoms with Gasteiger partial charge in [-0.25, -0.2) is 17.8 Å². The molecule has 1 saturated carbocycles. The van der Waals surface area contributed by atoms with Crippen LogP contribution in [0.2, 0.25) is 5.02 Å². The third-order valence-corrected chi connectivity index (χ3v) is 7.51. The van der Waals surface area contributed by atoms with E-state index >= 15 is 0 Å². The molecule has 34 heavy (non-hydrogen) atoms. The number of carbonyl (C=O) groups excluding carboxylic acids is 1. The van der Waals surface area contributed by atoms with Gasteiger partial charge in [0.15, 0.2) is 0 Å². The monoisotopic (exact) mass is 495 g/mol. The average Bonchev–Trinajstić information content (AvgIpc) is 3.62. The second-order valence-electron chi connectivity index (χ2n) is 8.15. The summed E-state index contributed by atoms with van der Waals surface area (Å²) in [7, 11) is -3.87. The molecule has 1 amide bonds. The van der Waals surface area contributed by atoms with Gasteiger partial charge in [0.1, 0.15) is 11.6 Å². The predicted octanol–water partition coefficient (Wildman–Crippen LogP) is 5.57. The second-order valence-corrected chi connectivity index (χ2v) is 10.2. The highest BCUT2D eigenvalue weighted by molar-refractivity contribution is 7.92. The highest BCUT2D eigenvalue weighted by atomic mass is 35.5. The minimum atomic E-state index is -3.87. The van der Waals surface area contributed by atoms with Crippen molar-refractivity contribution in [3.05, 3.63) is 95.4 Å². The van der Waals surface area contributed by atoms with Gasteiger partial charge in [0, 0.05) is 22.0 Å². The first-order valence-corrected chi connectivity index (χ1v) is 12.4. The van der Waals surface area contributed by atoms with Crippen LogP contribution < -0.4 is 10.0 Å². The molecule has 0 spiro atoms. The number of nitrogens with one attached hydrogen (secondary N) is 2. The number of amides is 1. The summed E-state index contributed by atoms with van der Waals surface area (Å²) in [5.41, 5.74) is 1.57. The van der Waals surface area contributed by atoms with Crippen molar-refractivity contribution in [2.24, 2.45) is 5.92 Å². The van der Waals surface area contributed by atoms with Gasteiger partial charge in [-0.3, -0.25) is 9.52 Å². The zero-order chi connectivity index (χ0) is 23.9. The van der Waals surface area contributed by atoms with Crippen LogP contribution in [0.4, 0.5) is 15.9 Å². The summed E-state index contributed by atoms with van der Waals surface area (Å²) in [4.78, 5) is 16.5. The van der Waals surface area contributed by atoms with E-state index in [-0.39, 0.29) is 28.5 Å². The Labute approximate surface area is 200 Å². The van der Waals surface area contributed by atoms with Crippen LogP contribution >= 0.6 is 11.6 Å². The van der Waals surface area contributed by atoms with Gasteiger partial charge in [-0.1, -0.05) is 41.9 Å². The van der Waals surface area contributed by atoms with E-state index < -0.39 is 15.8 Å². The molecule has 3 aromatic carbocycles. The largest absolute Gasteiger partial charge is 0.326 e. The minimum Gasteiger partial charge on any atom is -0.326 e. The summed E-state index contributed by atoms with van der Waals surface area (Å²) < 4.78 is 40.4. The lowest BCUT2D eigenvalue weighted by atomic mass is 10.1. The molecule has 4 aromatic rings. The van der Waals surface area contributed by atoms with Crippen LogP contribution in [0.3, 0.4) is 0 Å². The van der Waals surface area contributed by atoms with E-state index in [1.165, 1.54) is 18.2 Å². The number of pyridine rings is 1. The Morgan fingerprint density at radius 3 is 2.56 bits per heavy atom. The third-order valence-electron chi connectivity index (χ3n) is 5.81. The van der Waals surface area contributed by atoms with E-state index in [2.05, 4.69) is 15.0 Å². The van der Waals surface area contributed by atoms with Crippen LogP contribution in [-0.4, -0.2) is 19.3 Å². The van der Waals surface area contributed by atoms with Crippen molar-refractivity contribution in [3.63, 3.8) is 0 Å². The van der Waals surface area contributed by atoms with E-state index in [0.29, 0.717) is 17.1 Å². The second kappa shape index (κ2) is 8.70. The number of sulfonamides is 1. The Morgan fingerprint density at radius 2 is 1.82 bits per heavy atom. The molecule has 0 aliphatic heterocycles. The van der Waals surface area contributed by atoms with E-state index in [9.17, 15) is 17.6 Å². The van der Waals surface area contributed by atoms with Crippen LogP contribution in [0.25, 0.3) is 10.8 Å². The van der Waals surface area contributed by atoms with Crippen molar-refractivity contribution in [1.29, 1.82) is 0 Å². The summed E-state index contributed by atoms with van der Waals surface area (Å²) in [6, 6.07) is 20.0. The van der Waals surface area contributed by atoms with Gasteiger partial charge in [0.2, 0.25) is 5.91 Å². The molecule has 1 unspecified atom stereocenters. The van der Waals surface area contributed by atoms with Crippen LogP contribution in [0, 0.1) is 11.7 Å². The molecule has 172 valence electrons. The molecule has 0 bridgehead atoms. The summed E-state index contributed by atoms with van der Waals surface area (Å²) >= 11 is 6.26. The lowest BCUT2D eigenvalue weighted by Crippen LogP contribution is -2.15. The number of aromatic nitrogens is 1. The SMILES string of the molecule is O=C(Nc1ccc2cccc(Cl)c2c1)[C@@H]1CC1c1ccc(S(=O)(=O)Nc2ccc(F)cn2)cc1. The fourth-order valence-electron chi connectivity index (χ4n) is 3.93. The Hall–Kier alpha value is -3.49. The van der Waals surface area contributed by atoms with E-state index in [0.717, 1.165) is 28.6 Å². The molecule has 2 atom stereocenters. The van der Waals surface area contributed by atoms with Crippen molar-refractivity contribution in [2.45, 2.75) is 17.2 Å². The molecule has 2 N–H and O–H groups in total. The van der Waals surface area contributed by atoms with Crippen LogP contribution in [0.15, 0.2) is 83.9 Å². The Balaban J connectivity index is 1.24. The molecule has 6 nitrogen and oxygen atoms in total. The van der Waals surface area contributed by atoms with Gasteiger partial charge in [-0.15, -0.1) is 0 Å². The number of benzene rings is 3. The molecule has 1 aromatic heterocycles. The maximum atomic E-state index is 13.0. The normalized spacial score (nSPS) is 17.4. The van der Waals surface area contributed by atoms with Crippen molar-refractivity contribution in [2.75, 3.05) is 10.0 Å². The number of hydrogen-bond acceptors (Lipinski definition) is 4. The predicted molar refractivity (Wildman–Crippen MR) is 130 cm³/mol. The maximum Gasteiger partial charge on any atom is 0.263 e. The quantitative estimate of drug-likeness (QED) is 0.366. The molecular formula is C25H19ClFN3O3S. The van der Waals surface area contributed by atoms with Crippen molar-refractivity contribution in [1.82, 2.24) is 4.98 Å². The number of nitrogens with zero attached hydrogens (tertiary/aromatic N) is 1. The summed E-state index contributed by atoms with van der Waals surface area (Å²) in [6.45, 7) is 0. The molecular weight excluding hydrogens is 477 g/mol. The number of halogens is 2. The van der Waals surface area contributed by atoms with E-state index in [1.807, 2.05) is 36.4 Å². The number of hydrogen-bond donors (Lipinski definition) is 2. The van der Waals surface area contributed by atoms with Gasteiger partial charge in [0.25, 0.3) is 10.0 Å². The van der Waals surface area contributed by atoms with E-state index in [4.69, 9.17) is 11.6 Å². The average molecular weight is 496 g/mol. The summed E-state index contributed by atoms with van der Waals surface area (Å²) in [6.07, 6.45) is 1.62. The van der Waals surface area contributed by atoms with Crippen molar-refractivity contribution in [3.8, 4) is 0 Å². The lowest BCUT2D eigenvalue weighted by molar-refractivity contribution is -0.117. The summed E-state index contributed by atoms with van der Waals surface area (Å²) in [5.74, 6) is -0.783. The highest BCUT2D eigenvalue weighted by Gasteiger charge is 2.44. The first-order valence-electron chi connectivity index (χ1n) is 10.5. The molecule has 5 rings (SSSR count). The van der Waals surface area contributed by atoms with Gasteiger partial charge >= 0.3 is 0 Å². The van der Waals surface area contributed by atoms with Crippen molar-refractivity contribution < 1.29 is 17.6 Å². The Bertz CT molecular complexity index is 1490. The smallest absolute Gasteiger partial charge is 0.263 e. The minimum absolute atomic E-state index is 0.0209. The molecule has 1 heterocycles. The zero-order valence-electron chi connectivity index (χ0n) is 17.7. The first-order chi connectivity index (χ1) is 16.3. The standard InChI is InChI=1S/C25H19ClFN3O3S/c26-23-3-1-2-15-4-8-18(12-21(15)23)29-25(31)22-13-20(22)16-5-9-19(10-6-16)34(32,33)30-24-11-7-17(27)14-28-24/h1-12,14,20,22H,13H2,(H,28,30)(H,29,31)/t20?,22-/m1/s1. The van der Waals surface area contributed by atoms with Crippen LogP contribution in [0.1, 0.15) is 17.9 Å². The first kappa shape index (κ1) is 22.3. The lowest BCUT2D eigenvalue weighted by Gasteiger charge is -2.09. The number of carbonyl (C=O) groups is 1. The Morgan fingerprint density at radius 1 is 1.03 bits per heavy atom. The van der Waals surface area contributed by atoms with Gasteiger partial charge in [-0.2, -0.15) is 0 Å². The van der Waals surface area contributed by atoms with Crippen molar-refractivity contribution >= 4 is 49.8 Å². The highest BCUT2D eigenvalue weighted by Crippen LogP contribution is 2.48. The molecule has 1 aliphatic rings. The van der Waals surface area contributed by atoms with Gasteiger partial charge in [-0.05, 0) is 65.8 Å². The fourth-order valence-corrected chi connectivity index (χ4v) is 5.17. The fraction of sp³-hybridized carbons (Fsp3) is 0.120. The summed E-state index contributed by atoms with van der Waals surface area (Å²) in [5, 5.41) is 5.44. The van der Waals surface area contributed by atoms with Gasteiger partial charge < -0.3 is 5.32 Å². The maximum absolute atomic E-state index is 13.0. The Kier molecular flexibility index (Phi) is 5.71. The van der Waals surface area contributed by atoms with E-state index in [1.54, 1.807) is 12.1 Å². The zero-order valence-corrected chi connectivity index (χ0v) is 19.3.